The molecule has 1 atom stereocenters. The van der Waals surface area contributed by atoms with Crippen LogP contribution in [0.25, 0.3) is 0 Å². The van der Waals surface area contributed by atoms with Gasteiger partial charge in [-0.05, 0) is 39.1 Å². The van der Waals surface area contributed by atoms with E-state index in [9.17, 15) is 4.79 Å². The van der Waals surface area contributed by atoms with E-state index in [0.29, 0.717) is 17.9 Å². The van der Waals surface area contributed by atoms with Crippen molar-refractivity contribution < 1.29 is 4.79 Å². The van der Waals surface area contributed by atoms with Gasteiger partial charge in [0.05, 0.1) is 6.04 Å². The van der Waals surface area contributed by atoms with Crippen molar-refractivity contribution >= 4 is 17.7 Å². The number of thioether (sulfide) groups is 1. The minimum atomic E-state index is 0.350. The smallest absolute Gasteiger partial charge is 0.226 e. The van der Waals surface area contributed by atoms with E-state index < -0.39 is 0 Å². The average Bonchev–Trinajstić information content (AvgIpc) is 2.39. The van der Waals surface area contributed by atoms with E-state index in [1.165, 1.54) is 12.2 Å². The Kier molecular flexibility index (Phi) is 4.74. The minimum absolute atomic E-state index is 0.350. The van der Waals surface area contributed by atoms with Crippen molar-refractivity contribution in [1.82, 2.24) is 9.80 Å². The normalized spacial score (nSPS) is 26.8. The van der Waals surface area contributed by atoms with Crippen LogP contribution < -0.4 is 0 Å². The van der Waals surface area contributed by atoms with Crippen LogP contribution in [0.3, 0.4) is 0 Å². The minimum Gasteiger partial charge on any atom is -0.337 e. The monoisotopic (exact) mass is 256 g/mol. The first-order chi connectivity index (χ1) is 8.18. The van der Waals surface area contributed by atoms with Crippen LogP contribution in [0.5, 0.6) is 0 Å². The van der Waals surface area contributed by atoms with Gasteiger partial charge in [-0.25, -0.2) is 0 Å². The number of carbonyl (C=O) groups is 1. The molecule has 3 nitrogen and oxygen atoms in total. The lowest BCUT2D eigenvalue weighted by molar-refractivity contribution is -0.140. The number of hydrogen-bond donors (Lipinski definition) is 0. The predicted molar refractivity (Wildman–Crippen MR) is 73.3 cm³/mol. The number of amides is 1. The Morgan fingerprint density at radius 2 is 2.12 bits per heavy atom. The molecule has 0 N–H and O–H groups in total. The zero-order valence-corrected chi connectivity index (χ0v) is 11.8. The van der Waals surface area contributed by atoms with E-state index in [-0.39, 0.29) is 0 Å². The van der Waals surface area contributed by atoms with Crippen molar-refractivity contribution in [2.75, 3.05) is 38.7 Å². The molecule has 0 aromatic carbocycles. The molecular weight excluding hydrogens is 232 g/mol. The molecule has 4 heteroatoms. The average molecular weight is 256 g/mol. The summed E-state index contributed by atoms with van der Waals surface area (Å²) < 4.78 is 0. The van der Waals surface area contributed by atoms with Crippen molar-refractivity contribution in [3.05, 3.63) is 0 Å². The molecule has 0 aromatic rings. The summed E-state index contributed by atoms with van der Waals surface area (Å²) in [5.41, 5.74) is 0. The predicted octanol–water partition coefficient (Wildman–Crippen LogP) is 1.68. The molecule has 2 rings (SSSR count). The molecule has 1 unspecified atom stereocenters. The van der Waals surface area contributed by atoms with Gasteiger partial charge in [0.15, 0.2) is 0 Å². The molecule has 17 heavy (non-hydrogen) atoms. The van der Waals surface area contributed by atoms with Crippen LogP contribution in [0.4, 0.5) is 0 Å². The molecule has 1 heterocycles. The quantitative estimate of drug-likeness (QED) is 0.767. The Balaban J connectivity index is 1.99. The van der Waals surface area contributed by atoms with Crippen LogP contribution in [-0.2, 0) is 4.79 Å². The summed E-state index contributed by atoms with van der Waals surface area (Å²) in [4.78, 5) is 16.8. The first kappa shape index (κ1) is 13.2. The second-order valence-corrected chi connectivity index (χ2v) is 6.65. The molecule has 2 fully saturated rings. The lowest BCUT2D eigenvalue weighted by Crippen LogP contribution is -2.49. The van der Waals surface area contributed by atoms with Crippen molar-refractivity contribution in [3.63, 3.8) is 0 Å². The summed E-state index contributed by atoms with van der Waals surface area (Å²) in [6, 6.07) is 0.422. The number of likely N-dealkylation sites (N-methyl/N-ethyl adjacent to an activating group) is 1. The van der Waals surface area contributed by atoms with Gasteiger partial charge in [0.25, 0.3) is 0 Å². The maximum atomic E-state index is 12.4. The second kappa shape index (κ2) is 6.10. The Hall–Kier alpha value is -0.220. The van der Waals surface area contributed by atoms with Gasteiger partial charge in [-0.2, -0.15) is 11.8 Å². The van der Waals surface area contributed by atoms with Crippen LogP contribution in [0.15, 0.2) is 0 Å². The number of carbonyl (C=O) groups excluding carboxylic acids is 1. The van der Waals surface area contributed by atoms with Crippen LogP contribution in [0.2, 0.25) is 0 Å². The lowest BCUT2D eigenvalue weighted by atomic mass is 9.84. The molecule has 0 spiro atoms. The first-order valence-corrected chi connectivity index (χ1v) is 7.87. The lowest BCUT2D eigenvalue weighted by Gasteiger charge is -2.36. The third-order valence-electron chi connectivity index (χ3n) is 3.75. The van der Waals surface area contributed by atoms with Crippen LogP contribution >= 0.6 is 11.8 Å². The van der Waals surface area contributed by atoms with Gasteiger partial charge in [0.1, 0.15) is 0 Å². The van der Waals surface area contributed by atoms with Gasteiger partial charge >= 0.3 is 0 Å². The summed E-state index contributed by atoms with van der Waals surface area (Å²) >= 11 is 2.00. The molecule has 2 aliphatic rings. The topological polar surface area (TPSA) is 23.6 Å². The van der Waals surface area contributed by atoms with E-state index in [1.807, 2.05) is 11.8 Å². The third kappa shape index (κ3) is 3.38. The van der Waals surface area contributed by atoms with E-state index in [2.05, 4.69) is 23.9 Å². The fourth-order valence-corrected chi connectivity index (χ4v) is 3.64. The highest BCUT2D eigenvalue weighted by atomic mass is 32.2. The maximum Gasteiger partial charge on any atom is 0.226 e. The molecule has 0 aromatic heterocycles. The molecule has 1 saturated carbocycles. The largest absolute Gasteiger partial charge is 0.337 e. The van der Waals surface area contributed by atoms with E-state index >= 15 is 0 Å². The highest BCUT2D eigenvalue weighted by molar-refractivity contribution is 7.99. The van der Waals surface area contributed by atoms with E-state index in [4.69, 9.17) is 0 Å². The van der Waals surface area contributed by atoms with E-state index in [0.717, 1.165) is 38.1 Å². The highest BCUT2D eigenvalue weighted by Crippen LogP contribution is 2.30. The summed E-state index contributed by atoms with van der Waals surface area (Å²) in [7, 11) is 4.20. The van der Waals surface area contributed by atoms with Crippen molar-refractivity contribution in [2.24, 2.45) is 5.92 Å². The van der Waals surface area contributed by atoms with Gasteiger partial charge in [-0.1, -0.05) is 6.42 Å². The molecule has 1 saturated heterocycles. The second-order valence-electron chi connectivity index (χ2n) is 5.50. The number of hydrogen-bond acceptors (Lipinski definition) is 3. The summed E-state index contributed by atoms with van der Waals surface area (Å²) in [6.45, 7) is 1.98. The molecule has 98 valence electrons. The zero-order chi connectivity index (χ0) is 12.3. The number of rotatable bonds is 3. The van der Waals surface area contributed by atoms with Crippen molar-refractivity contribution in [3.8, 4) is 0 Å². The Morgan fingerprint density at radius 1 is 1.35 bits per heavy atom. The summed E-state index contributed by atoms with van der Waals surface area (Å²) in [5.74, 6) is 3.10. The van der Waals surface area contributed by atoms with E-state index in [1.54, 1.807) is 0 Å². The molecule has 1 aliphatic heterocycles. The molecule has 0 bridgehead atoms. The third-order valence-corrected chi connectivity index (χ3v) is 4.95. The fourth-order valence-electron chi connectivity index (χ4n) is 2.58. The van der Waals surface area contributed by atoms with Crippen molar-refractivity contribution in [1.29, 1.82) is 0 Å². The van der Waals surface area contributed by atoms with Gasteiger partial charge in [-0.15, -0.1) is 0 Å². The Morgan fingerprint density at radius 3 is 2.71 bits per heavy atom. The molecular formula is C13H24N2OS. The first-order valence-electron chi connectivity index (χ1n) is 6.71. The van der Waals surface area contributed by atoms with Crippen LogP contribution in [0.1, 0.15) is 25.7 Å². The van der Waals surface area contributed by atoms with Gasteiger partial charge < -0.3 is 9.80 Å². The molecule has 0 radical (unpaired) electrons. The van der Waals surface area contributed by atoms with Gasteiger partial charge in [0, 0.05) is 24.8 Å². The van der Waals surface area contributed by atoms with Crippen LogP contribution in [-0.4, -0.2) is 60.4 Å². The fraction of sp³-hybridized carbons (Fsp3) is 0.923. The zero-order valence-electron chi connectivity index (χ0n) is 11.0. The van der Waals surface area contributed by atoms with Gasteiger partial charge in [-0.3, -0.25) is 4.79 Å². The number of nitrogens with zero attached hydrogens (tertiary/aromatic N) is 2. The molecule has 1 amide bonds. The van der Waals surface area contributed by atoms with Gasteiger partial charge in [0.2, 0.25) is 5.91 Å². The summed E-state index contributed by atoms with van der Waals surface area (Å²) in [6.07, 6.45) is 4.65. The Bertz CT molecular complexity index is 266. The highest BCUT2D eigenvalue weighted by Gasteiger charge is 2.33. The SMILES string of the molecule is CN(C)CC1CSCCCN1C(=O)C1CCC1. The van der Waals surface area contributed by atoms with Crippen LogP contribution in [0, 0.1) is 5.92 Å². The summed E-state index contributed by atoms with van der Waals surface area (Å²) in [5, 5.41) is 0. The Labute approximate surface area is 109 Å². The standard InChI is InChI=1S/C13H24N2OS/c1-14(2)9-12-10-17-8-4-7-15(12)13(16)11-5-3-6-11/h11-12H,3-10H2,1-2H3. The molecule has 1 aliphatic carbocycles. The maximum absolute atomic E-state index is 12.4. The van der Waals surface area contributed by atoms with Crippen molar-refractivity contribution in [2.45, 2.75) is 31.7 Å².